The number of primary amides is 1. The number of carbonyl (C=O) groups excluding carboxylic acids is 1. The largest absolute Gasteiger partial charge is 0.366 e. The van der Waals surface area contributed by atoms with E-state index in [2.05, 4.69) is 0 Å². The third-order valence-electron chi connectivity index (χ3n) is 3.66. The van der Waals surface area contributed by atoms with Gasteiger partial charge in [-0.1, -0.05) is 0 Å². The van der Waals surface area contributed by atoms with Crippen LogP contribution in [-0.2, 0) is 19.3 Å². The SMILES string of the molecule is NC(=O)c1c(CC2CC2)sc2c1CCCC2. The van der Waals surface area contributed by atoms with Crippen LogP contribution < -0.4 is 5.73 Å². The van der Waals surface area contributed by atoms with Crippen molar-refractivity contribution >= 4 is 17.2 Å². The molecule has 2 N–H and O–H groups in total. The van der Waals surface area contributed by atoms with E-state index in [1.165, 1.54) is 41.0 Å². The lowest BCUT2D eigenvalue weighted by atomic mass is 9.94. The minimum absolute atomic E-state index is 0.199. The van der Waals surface area contributed by atoms with Crippen LogP contribution in [0.2, 0.25) is 0 Å². The summed E-state index contributed by atoms with van der Waals surface area (Å²) >= 11 is 1.86. The minimum Gasteiger partial charge on any atom is -0.366 e. The molecular weight excluding hydrogens is 218 g/mol. The normalized spacial score (nSPS) is 19.5. The van der Waals surface area contributed by atoms with Crippen LogP contribution in [0.25, 0.3) is 0 Å². The smallest absolute Gasteiger partial charge is 0.250 e. The standard InChI is InChI=1S/C13H17NOS/c14-13(15)12-9-3-1-2-4-10(9)16-11(12)7-8-5-6-8/h8H,1-7H2,(H2,14,15). The lowest BCUT2D eigenvalue weighted by molar-refractivity contribution is 0.0999. The quantitative estimate of drug-likeness (QED) is 0.860. The van der Waals surface area contributed by atoms with Crippen LogP contribution in [0, 0.1) is 5.92 Å². The molecule has 0 atom stereocenters. The lowest BCUT2D eigenvalue weighted by Crippen LogP contribution is -2.16. The van der Waals surface area contributed by atoms with Gasteiger partial charge in [-0.2, -0.15) is 0 Å². The highest BCUT2D eigenvalue weighted by atomic mass is 32.1. The molecule has 0 aromatic carbocycles. The number of hydrogen-bond donors (Lipinski definition) is 1. The van der Waals surface area contributed by atoms with Gasteiger partial charge in [-0.15, -0.1) is 11.3 Å². The zero-order valence-electron chi connectivity index (χ0n) is 9.42. The van der Waals surface area contributed by atoms with Crippen LogP contribution >= 0.6 is 11.3 Å². The first-order valence-electron chi connectivity index (χ1n) is 6.19. The van der Waals surface area contributed by atoms with Crippen molar-refractivity contribution in [3.63, 3.8) is 0 Å². The van der Waals surface area contributed by atoms with Crippen LogP contribution in [0.5, 0.6) is 0 Å². The van der Waals surface area contributed by atoms with Gasteiger partial charge in [0, 0.05) is 9.75 Å². The predicted octanol–water partition coefficient (Wildman–Crippen LogP) is 2.68. The van der Waals surface area contributed by atoms with Crippen molar-refractivity contribution in [1.29, 1.82) is 0 Å². The van der Waals surface area contributed by atoms with Gasteiger partial charge in [0.05, 0.1) is 5.56 Å². The van der Waals surface area contributed by atoms with E-state index in [-0.39, 0.29) is 5.91 Å². The molecular formula is C13H17NOS. The summed E-state index contributed by atoms with van der Waals surface area (Å²) in [6.07, 6.45) is 8.47. The van der Waals surface area contributed by atoms with Crippen molar-refractivity contribution in [1.82, 2.24) is 0 Å². The monoisotopic (exact) mass is 235 g/mol. The van der Waals surface area contributed by atoms with Gasteiger partial charge in [-0.25, -0.2) is 0 Å². The van der Waals surface area contributed by atoms with Crippen LogP contribution in [0.3, 0.4) is 0 Å². The topological polar surface area (TPSA) is 43.1 Å². The Balaban J connectivity index is 2.00. The molecule has 0 unspecified atom stereocenters. The van der Waals surface area contributed by atoms with Gasteiger partial charge < -0.3 is 5.73 Å². The first-order chi connectivity index (χ1) is 7.75. The Morgan fingerprint density at radius 1 is 1.31 bits per heavy atom. The Kier molecular flexibility index (Phi) is 2.51. The lowest BCUT2D eigenvalue weighted by Gasteiger charge is -2.11. The number of thiophene rings is 1. The molecule has 3 heteroatoms. The number of rotatable bonds is 3. The van der Waals surface area contributed by atoms with Gasteiger partial charge >= 0.3 is 0 Å². The zero-order chi connectivity index (χ0) is 11.1. The molecule has 0 bridgehead atoms. The van der Waals surface area contributed by atoms with Crippen molar-refractivity contribution in [2.75, 3.05) is 0 Å². The fourth-order valence-electron chi connectivity index (χ4n) is 2.64. The predicted molar refractivity (Wildman–Crippen MR) is 65.9 cm³/mol. The van der Waals surface area contributed by atoms with Gasteiger partial charge in [-0.3, -0.25) is 4.79 Å². The van der Waals surface area contributed by atoms with Crippen LogP contribution in [-0.4, -0.2) is 5.91 Å². The zero-order valence-corrected chi connectivity index (χ0v) is 10.2. The minimum atomic E-state index is -0.199. The number of carbonyl (C=O) groups is 1. The maximum atomic E-state index is 11.6. The average Bonchev–Trinajstić information content (AvgIpc) is 2.97. The molecule has 1 saturated carbocycles. The Morgan fingerprint density at radius 2 is 2.06 bits per heavy atom. The third-order valence-corrected chi connectivity index (χ3v) is 4.98. The first kappa shape index (κ1) is 10.3. The molecule has 3 rings (SSSR count). The molecule has 1 aromatic heterocycles. The van der Waals surface area contributed by atoms with E-state index in [9.17, 15) is 4.79 Å². The molecule has 2 aliphatic carbocycles. The molecule has 16 heavy (non-hydrogen) atoms. The van der Waals surface area contributed by atoms with Gasteiger partial charge in [0.1, 0.15) is 0 Å². The molecule has 86 valence electrons. The summed E-state index contributed by atoms with van der Waals surface area (Å²) in [6, 6.07) is 0. The summed E-state index contributed by atoms with van der Waals surface area (Å²) in [5.74, 6) is 0.633. The van der Waals surface area contributed by atoms with Crippen LogP contribution in [0.1, 0.15) is 51.4 Å². The molecule has 1 heterocycles. The summed E-state index contributed by atoms with van der Waals surface area (Å²) in [5.41, 5.74) is 7.73. The molecule has 1 aromatic rings. The van der Waals surface area contributed by atoms with E-state index in [1.807, 2.05) is 11.3 Å². The van der Waals surface area contributed by atoms with Gasteiger partial charge in [0.25, 0.3) is 0 Å². The highest BCUT2D eigenvalue weighted by molar-refractivity contribution is 7.12. The van der Waals surface area contributed by atoms with Crippen molar-refractivity contribution in [2.24, 2.45) is 11.7 Å². The van der Waals surface area contributed by atoms with E-state index < -0.39 is 0 Å². The molecule has 0 radical (unpaired) electrons. The maximum Gasteiger partial charge on any atom is 0.250 e. The molecule has 1 fully saturated rings. The van der Waals surface area contributed by atoms with Crippen LogP contribution in [0.4, 0.5) is 0 Å². The fourth-order valence-corrected chi connectivity index (χ4v) is 4.15. The number of fused-ring (bicyclic) bond motifs is 1. The highest BCUT2D eigenvalue weighted by Gasteiger charge is 2.28. The summed E-state index contributed by atoms with van der Waals surface area (Å²) < 4.78 is 0. The average molecular weight is 235 g/mol. The van der Waals surface area contributed by atoms with Crippen molar-refractivity contribution in [3.8, 4) is 0 Å². The number of amides is 1. The van der Waals surface area contributed by atoms with Crippen molar-refractivity contribution < 1.29 is 4.79 Å². The fraction of sp³-hybridized carbons (Fsp3) is 0.615. The molecule has 0 aliphatic heterocycles. The number of nitrogens with two attached hydrogens (primary N) is 1. The van der Waals surface area contributed by atoms with Crippen molar-refractivity contribution in [2.45, 2.75) is 44.9 Å². The Hall–Kier alpha value is -0.830. The highest BCUT2D eigenvalue weighted by Crippen LogP contribution is 2.40. The van der Waals surface area contributed by atoms with Crippen LogP contribution in [0.15, 0.2) is 0 Å². The maximum absolute atomic E-state index is 11.6. The van der Waals surface area contributed by atoms with Gasteiger partial charge in [-0.05, 0) is 56.4 Å². The summed E-state index contributed by atoms with van der Waals surface area (Å²) in [5, 5.41) is 0. The summed E-state index contributed by atoms with van der Waals surface area (Å²) in [7, 11) is 0. The number of hydrogen-bond acceptors (Lipinski definition) is 2. The molecule has 2 nitrogen and oxygen atoms in total. The Labute approximate surface area is 99.8 Å². The Morgan fingerprint density at radius 3 is 2.75 bits per heavy atom. The molecule has 1 amide bonds. The van der Waals surface area contributed by atoms with Gasteiger partial charge in [0.2, 0.25) is 5.91 Å². The molecule has 2 aliphatic rings. The van der Waals surface area contributed by atoms with Crippen molar-refractivity contribution in [3.05, 3.63) is 20.9 Å². The van der Waals surface area contributed by atoms with E-state index in [1.54, 1.807) is 0 Å². The van der Waals surface area contributed by atoms with Gasteiger partial charge in [0.15, 0.2) is 0 Å². The second-order valence-corrected chi connectivity index (χ2v) is 6.21. The first-order valence-corrected chi connectivity index (χ1v) is 7.00. The second kappa shape index (κ2) is 3.88. The van der Waals surface area contributed by atoms with E-state index in [0.717, 1.165) is 30.7 Å². The van der Waals surface area contributed by atoms with E-state index in [0.29, 0.717) is 0 Å². The third kappa shape index (κ3) is 1.77. The Bertz CT molecular complexity index is 431. The summed E-state index contributed by atoms with van der Waals surface area (Å²) in [6.45, 7) is 0. The summed E-state index contributed by atoms with van der Waals surface area (Å²) in [4.78, 5) is 14.3. The molecule has 0 saturated heterocycles. The van der Waals surface area contributed by atoms with E-state index in [4.69, 9.17) is 5.73 Å². The second-order valence-electron chi connectivity index (χ2n) is 5.02. The van der Waals surface area contributed by atoms with E-state index >= 15 is 0 Å². The molecule has 0 spiro atoms. The number of aryl methyl sites for hydroxylation is 1.